The average molecular weight is 389 g/mol. The van der Waals surface area contributed by atoms with Crippen LogP contribution in [0.4, 0.5) is 0 Å². The average Bonchev–Trinajstić information content (AvgIpc) is 2.89. The topological polar surface area (TPSA) is 21.3 Å². The fourth-order valence-electron chi connectivity index (χ4n) is 2.21. The van der Waals surface area contributed by atoms with Crippen LogP contribution in [-0.4, -0.2) is 13.7 Å². The lowest BCUT2D eigenvalue weighted by Crippen LogP contribution is -2.23. The van der Waals surface area contributed by atoms with Gasteiger partial charge in [-0.2, -0.15) is 0 Å². The molecule has 2 aromatic rings. The normalized spacial score (nSPS) is 12.4. The Balaban J connectivity index is 2.47. The van der Waals surface area contributed by atoms with E-state index in [0.29, 0.717) is 0 Å². The standard InChI is InChI=1S/C16H19BrClNOS/c1-4-7-19-16(14-5-6-15(18)21-14)11-9-12(17)10(2)8-13(11)20-3/h5-6,8-9,16,19H,4,7H2,1-3H3. The minimum Gasteiger partial charge on any atom is -0.496 e. The van der Waals surface area contributed by atoms with Crippen LogP contribution < -0.4 is 10.1 Å². The third-order valence-corrected chi connectivity index (χ3v) is 5.45. The van der Waals surface area contributed by atoms with Gasteiger partial charge in [0.15, 0.2) is 0 Å². The van der Waals surface area contributed by atoms with Gasteiger partial charge in [-0.15, -0.1) is 11.3 Å². The summed E-state index contributed by atoms with van der Waals surface area (Å²) in [6.45, 7) is 5.16. The number of hydrogen-bond donors (Lipinski definition) is 1. The summed E-state index contributed by atoms with van der Waals surface area (Å²) >= 11 is 11.3. The van der Waals surface area contributed by atoms with E-state index in [-0.39, 0.29) is 6.04 Å². The molecule has 0 amide bonds. The second kappa shape index (κ2) is 7.63. The summed E-state index contributed by atoms with van der Waals surface area (Å²) in [5.74, 6) is 0.897. The highest BCUT2D eigenvalue weighted by atomic mass is 79.9. The van der Waals surface area contributed by atoms with Gasteiger partial charge in [0.1, 0.15) is 5.75 Å². The lowest BCUT2D eigenvalue weighted by atomic mass is 10.0. The SMILES string of the molecule is CCCNC(c1ccc(Cl)s1)c1cc(Br)c(C)cc1OC. The van der Waals surface area contributed by atoms with Gasteiger partial charge in [-0.25, -0.2) is 0 Å². The summed E-state index contributed by atoms with van der Waals surface area (Å²) in [7, 11) is 1.71. The Hall–Kier alpha value is -0.550. The molecule has 1 N–H and O–H groups in total. The van der Waals surface area contributed by atoms with E-state index in [1.165, 1.54) is 4.88 Å². The van der Waals surface area contributed by atoms with Crippen molar-refractivity contribution in [3.05, 3.63) is 49.1 Å². The van der Waals surface area contributed by atoms with Crippen LogP contribution in [0, 0.1) is 6.92 Å². The maximum atomic E-state index is 6.11. The van der Waals surface area contributed by atoms with Gasteiger partial charge in [-0.1, -0.05) is 34.5 Å². The highest BCUT2D eigenvalue weighted by Crippen LogP contribution is 2.37. The molecule has 0 saturated carbocycles. The molecular weight excluding hydrogens is 370 g/mol. The monoisotopic (exact) mass is 387 g/mol. The van der Waals surface area contributed by atoms with Gasteiger partial charge in [-0.3, -0.25) is 0 Å². The highest BCUT2D eigenvalue weighted by Gasteiger charge is 2.20. The summed E-state index contributed by atoms with van der Waals surface area (Å²) in [5.41, 5.74) is 2.29. The van der Waals surface area contributed by atoms with E-state index in [2.05, 4.69) is 53.3 Å². The molecule has 1 atom stereocenters. The molecule has 1 aromatic heterocycles. The quantitative estimate of drug-likeness (QED) is 0.698. The fraction of sp³-hybridized carbons (Fsp3) is 0.375. The molecule has 0 aliphatic heterocycles. The van der Waals surface area contributed by atoms with Crippen LogP contribution in [0.5, 0.6) is 5.75 Å². The largest absolute Gasteiger partial charge is 0.496 e. The van der Waals surface area contributed by atoms with Crippen molar-refractivity contribution in [2.45, 2.75) is 26.3 Å². The van der Waals surface area contributed by atoms with Crippen LogP contribution in [0.15, 0.2) is 28.7 Å². The zero-order valence-corrected chi connectivity index (χ0v) is 15.5. The lowest BCUT2D eigenvalue weighted by molar-refractivity contribution is 0.403. The zero-order valence-electron chi connectivity index (χ0n) is 12.4. The van der Waals surface area contributed by atoms with Gasteiger partial charge in [-0.05, 0) is 49.7 Å². The minimum absolute atomic E-state index is 0.0919. The first-order valence-electron chi connectivity index (χ1n) is 6.89. The van der Waals surface area contributed by atoms with Crippen molar-refractivity contribution in [3.63, 3.8) is 0 Å². The summed E-state index contributed by atoms with van der Waals surface area (Å²) in [5, 5.41) is 3.59. The number of benzene rings is 1. The van der Waals surface area contributed by atoms with Crippen LogP contribution in [0.2, 0.25) is 4.34 Å². The first kappa shape index (κ1) is 16.8. The second-order valence-corrected chi connectivity index (χ2v) is 7.47. The number of methoxy groups -OCH3 is 1. The van der Waals surface area contributed by atoms with Crippen molar-refractivity contribution in [1.82, 2.24) is 5.32 Å². The molecule has 2 rings (SSSR count). The number of nitrogens with one attached hydrogen (secondary N) is 1. The summed E-state index contributed by atoms with van der Waals surface area (Å²) < 4.78 is 7.47. The van der Waals surface area contributed by atoms with Gasteiger partial charge in [0.2, 0.25) is 0 Å². The van der Waals surface area contributed by atoms with E-state index in [1.807, 2.05) is 6.07 Å². The van der Waals surface area contributed by atoms with Crippen molar-refractivity contribution in [2.24, 2.45) is 0 Å². The van der Waals surface area contributed by atoms with Crippen LogP contribution >= 0.6 is 38.9 Å². The minimum atomic E-state index is 0.0919. The summed E-state index contributed by atoms with van der Waals surface area (Å²) in [6.07, 6.45) is 1.07. The molecule has 1 unspecified atom stereocenters. The van der Waals surface area contributed by atoms with E-state index >= 15 is 0 Å². The number of rotatable bonds is 6. The zero-order chi connectivity index (χ0) is 15.4. The van der Waals surface area contributed by atoms with Gasteiger partial charge in [0.05, 0.1) is 17.5 Å². The van der Waals surface area contributed by atoms with Crippen molar-refractivity contribution < 1.29 is 4.74 Å². The molecule has 1 aromatic carbocycles. The molecule has 2 nitrogen and oxygen atoms in total. The third-order valence-electron chi connectivity index (χ3n) is 3.30. The number of hydrogen-bond acceptors (Lipinski definition) is 3. The second-order valence-electron chi connectivity index (χ2n) is 4.87. The van der Waals surface area contributed by atoms with Gasteiger partial charge in [0, 0.05) is 14.9 Å². The molecule has 0 bridgehead atoms. The van der Waals surface area contributed by atoms with Gasteiger partial charge in [0.25, 0.3) is 0 Å². The number of ether oxygens (including phenoxy) is 1. The van der Waals surface area contributed by atoms with E-state index in [9.17, 15) is 0 Å². The van der Waals surface area contributed by atoms with Crippen LogP contribution in [0.1, 0.15) is 35.4 Å². The van der Waals surface area contributed by atoms with Crippen LogP contribution in [-0.2, 0) is 0 Å². The molecule has 0 radical (unpaired) electrons. The molecule has 0 spiro atoms. The predicted octanol–water partition coefficient (Wildman–Crippen LogP) is 5.57. The first-order chi connectivity index (χ1) is 10.1. The summed E-state index contributed by atoms with van der Waals surface area (Å²) in [4.78, 5) is 1.20. The van der Waals surface area contributed by atoms with Crippen molar-refractivity contribution in [1.29, 1.82) is 0 Å². The third kappa shape index (κ3) is 4.01. The van der Waals surface area contributed by atoms with Crippen LogP contribution in [0.25, 0.3) is 0 Å². The van der Waals surface area contributed by atoms with E-state index in [1.54, 1.807) is 18.4 Å². The van der Waals surface area contributed by atoms with Gasteiger partial charge >= 0.3 is 0 Å². The predicted molar refractivity (Wildman–Crippen MR) is 94.9 cm³/mol. The van der Waals surface area contributed by atoms with E-state index in [0.717, 1.165) is 38.7 Å². The molecule has 1 heterocycles. The highest BCUT2D eigenvalue weighted by molar-refractivity contribution is 9.10. The molecule has 114 valence electrons. The van der Waals surface area contributed by atoms with Crippen molar-refractivity contribution in [3.8, 4) is 5.75 Å². The Morgan fingerprint density at radius 3 is 2.71 bits per heavy atom. The Labute approximate surface area is 143 Å². The molecule has 0 aliphatic rings. The maximum Gasteiger partial charge on any atom is 0.124 e. The Bertz CT molecular complexity index is 614. The van der Waals surface area contributed by atoms with Crippen molar-refractivity contribution in [2.75, 3.05) is 13.7 Å². The van der Waals surface area contributed by atoms with E-state index < -0.39 is 0 Å². The van der Waals surface area contributed by atoms with Crippen LogP contribution in [0.3, 0.4) is 0 Å². The van der Waals surface area contributed by atoms with Gasteiger partial charge < -0.3 is 10.1 Å². The molecule has 0 saturated heterocycles. The number of thiophene rings is 1. The number of aryl methyl sites for hydroxylation is 1. The maximum absolute atomic E-state index is 6.11. The smallest absolute Gasteiger partial charge is 0.124 e. The molecule has 0 fully saturated rings. The van der Waals surface area contributed by atoms with E-state index in [4.69, 9.17) is 16.3 Å². The molecule has 5 heteroatoms. The Kier molecular flexibility index (Phi) is 6.11. The molecule has 21 heavy (non-hydrogen) atoms. The Morgan fingerprint density at radius 2 is 2.14 bits per heavy atom. The fourth-order valence-corrected chi connectivity index (χ4v) is 3.73. The number of halogens is 2. The molecule has 0 aliphatic carbocycles. The Morgan fingerprint density at radius 1 is 1.38 bits per heavy atom. The van der Waals surface area contributed by atoms with Crippen molar-refractivity contribution >= 4 is 38.9 Å². The summed E-state index contributed by atoms with van der Waals surface area (Å²) in [6, 6.07) is 8.31. The first-order valence-corrected chi connectivity index (χ1v) is 8.88. The molecular formula is C16H19BrClNOS. The lowest BCUT2D eigenvalue weighted by Gasteiger charge is -2.21.